The van der Waals surface area contributed by atoms with Gasteiger partial charge in [0.25, 0.3) is 0 Å². The number of ether oxygens (including phenoxy) is 2. The minimum atomic E-state index is -0.482. The van der Waals surface area contributed by atoms with E-state index >= 15 is 0 Å². The van der Waals surface area contributed by atoms with Gasteiger partial charge in [0.2, 0.25) is 0 Å². The molecule has 0 aromatic rings. The van der Waals surface area contributed by atoms with Gasteiger partial charge >= 0.3 is 5.97 Å². The lowest BCUT2D eigenvalue weighted by Crippen LogP contribution is -2.08. The van der Waals surface area contributed by atoms with Crippen molar-refractivity contribution in [1.29, 1.82) is 0 Å². The van der Waals surface area contributed by atoms with Gasteiger partial charge in [-0.05, 0) is 13.0 Å². The van der Waals surface area contributed by atoms with Gasteiger partial charge in [0.1, 0.15) is 0 Å². The van der Waals surface area contributed by atoms with E-state index in [1.165, 1.54) is 7.11 Å². The Morgan fingerprint density at radius 2 is 2.20 bits per heavy atom. The number of esters is 1. The molecule has 0 aromatic carbocycles. The zero-order valence-electron chi connectivity index (χ0n) is 6.35. The SMILES string of the molecule is C=C(OC)C(=O)OCCC. The van der Waals surface area contributed by atoms with E-state index in [9.17, 15) is 4.79 Å². The summed E-state index contributed by atoms with van der Waals surface area (Å²) < 4.78 is 9.22. The van der Waals surface area contributed by atoms with Crippen molar-refractivity contribution >= 4 is 5.97 Å². The van der Waals surface area contributed by atoms with Crippen molar-refractivity contribution in [1.82, 2.24) is 0 Å². The molecule has 3 nitrogen and oxygen atoms in total. The number of carbonyl (C=O) groups excluding carboxylic acids is 1. The summed E-state index contributed by atoms with van der Waals surface area (Å²) in [6.07, 6.45) is 0.808. The highest BCUT2D eigenvalue weighted by Gasteiger charge is 2.05. The van der Waals surface area contributed by atoms with Crippen molar-refractivity contribution in [2.75, 3.05) is 13.7 Å². The molecule has 0 rings (SSSR count). The predicted octanol–water partition coefficient (Wildman–Crippen LogP) is 1.10. The van der Waals surface area contributed by atoms with Crippen LogP contribution in [0.1, 0.15) is 13.3 Å². The van der Waals surface area contributed by atoms with E-state index < -0.39 is 5.97 Å². The molecule has 0 bridgehead atoms. The summed E-state index contributed by atoms with van der Waals surface area (Å²) in [6, 6.07) is 0. The first-order chi connectivity index (χ1) is 4.72. The molecule has 0 aliphatic carbocycles. The second kappa shape index (κ2) is 4.85. The smallest absolute Gasteiger partial charge is 0.372 e. The lowest BCUT2D eigenvalue weighted by Gasteiger charge is -2.02. The van der Waals surface area contributed by atoms with Crippen LogP contribution in [0.3, 0.4) is 0 Å². The van der Waals surface area contributed by atoms with Crippen molar-refractivity contribution in [3.05, 3.63) is 12.3 Å². The summed E-state index contributed by atoms with van der Waals surface area (Å²) in [4.78, 5) is 10.7. The first-order valence-electron chi connectivity index (χ1n) is 3.12. The van der Waals surface area contributed by atoms with Crippen LogP contribution in [0, 0.1) is 0 Å². The Morgan fingerprint density at radius 1 is 1.60 bits per heavy atom. The maximum atomic E-state index is 10.7. The normalized spacial score (nSPS) is 8.60. The van der Waals surface area contributed by atoms with Gasteiger partial charge in [0.05, 0.1) is 13.7 Å². The third-order valence-electron chi connectivity index (χ3n) is 0.911. The first kappa shape index (κ1) is 9.01. The van der Waals surface area contributed by atoms with Crippen LogP contribution in [0.2, 0.25) is 0 Å². The van der Waals surface area contributed by atoms with Crippen LogP contribution >= 0.6 is 0 Å². The van der Waals surface area contributed by atoms with Gasteiger partial charge in [0, 0.05) is 0 Å². The molecule has 0 aliphatic rings. The molecule has 0 fully saturated rings. The molecule has 10 heavy (non-hydrogen) atoms. The topological polar surface area (TPSA) is 35.5 Å². The van der Waals surface area contributed by atoms with Gasteiger partial charge in [-0.25, -0.2) is 4.79 Å². The zero-order chi connectivity index (χ0) is 7.98. The monoisotopic (exact) mass is 144 g/mol. The molecule has 0 aromatic heterocycles. The van der Waals surface area contributed by atoms with Crippen LogP contribution in [0.4, 0.5) is 0 Å². The summed E-state index contributed by atoms with van der Waals surface area (Å²) in [5, 5.41) is 0. The maximum absolute atomic E-state index is 10.7. The van der Waals surface area contributed by atoms with E-state index in [4.69, 9.17) is 0 Å². The molecular weight excluding hydrogens is 132 g/mol. The number of hydrogen-bond acceptors (Lipinski definition) is 3. The van der Waals surface area contributed by atoms with Gasteiger partial charge in [0.15, 0.2) is 5.76 Å². The van der Waals surface area contributed by atoms with Crippen molar-refractivity contribution in [2.24, 2.45) is 0 Å². The summed E-state index contributed by atoms with van der Waals surface area (Å²) in [5.41, 5.74) is 0. The van der Waals surface area contributed by atoms with Crippen molar-refractivity contribution in [3.63, 3.8) is 0 Å². The Labute approximate surface area is 60.6 Å². The highest BCUT2D eigenvalue weighted by Crippen LogP contribution is 1.94. The van der Waals surface area contributed by atoms with Gasteiger partial charge in [-0.3, -0.25) is 0 Å². The van der Waals surface area contributed by atoms with Crippen LogP contribution < -0.4 is 0 Å². The van der Waals surface area contributed by atoms with Crippen LogP contribution in [-0.2, 0) is 14.3 Å². The molecule has 0 saturated heterocycles. The second-order valence-corrected chi connectivity index (χ2v) is 1.76. The molecule has 0 heterocycles. The number of rotatable bonds is 4. The van der Waals surface area contributed by atoms with Crippen LogP contribution in [0.15, 0.2) is 12.3 Å². The predicted molar refractivity (Wildman–Crippen MR) is 37.4 cm³/mol. The highest BCUT2D eigenvalue weighted by molar-refractivity contribution is 5.85. The molecule has 58 valence electrons. The third-order valence-corrected chi connectivity index (χ3v) is 0.911. The Kier molecular flexibility index (Phi) is 4.37. The van der Waals surface area contributed by atoms with Gasteiger partial charge in [-0.2, -0.15) is 0 Å². The van der Waals surface area contributed by atoms with Crippen LogP contribution in [0.5, 0.6) is 0 Å². The largest absolute Gasteiger partial charge is 0.490 e. The standard InChI is InChI=1S/C7H12O3/c1-4-5-10-7(8)6(2)9-3/h2,4-5H2,1,3H3. The Hall–Kier alpha value is -0.990. The summed E-state index contributed by atoms with van der Waals surface area (Å²) in [7, 11) is 1.38. The van der Waals surface area contributed by atoms with E-state index in [-0.39, 0.29) is 5.76 Å². The minimum Gasteiger partial charge on any atom is -0.490 e. The first-order valence-corrected chi connectivity index (χ1v) is 3.12. The maximum Gasteiger partial charge on any atom is 0.372 e. The fraction of sp³-hybridized carbons (Fsp3) is 0.571. The zero-order valence-corrected chi connectivity index (χ0v) is 6.35. The Bertz CT molecular complexity index is 129. The van der Waals surface area contributed by atoms with Gasteiger partial charge in [-0.15, -0.1) is 0 Å². The quantitative estimate of drug-likeness (QED) is 0.336. The van der Waals surface area contributed by atoms with Gasteiger partial charge < -0.3 is 9.47 Å². The van der Waals surface area contributed by atoms with Gasteiger partial charge in [-0.1, -0.05) is 6.92 Å². The summed E-state index contributed by atoms with van der Waals surface area (Å²) in [6.45, 7) is 5.67. The minimum absolute atomic E-state index is 0.0495. The van der Waals surface area contributed by atoms with Crippen LogP contribution in [0.25, 0.3) is 0 Å². The molecule has 0 amide bonds. The average molecular weight is 144 g/mol. The fourth-order valence-electron chi connectivity index (χ4n) is 0.359. The number of carbonyl (C=O) groups is 1. The van der Waals surface area contributed by atoms with E-state index in [0.717, 1.165) is 6.42 Å². The molecule has 3 heteroatoms. The van der Waals surface area contributed by atoms with E-state index in [1.54, 1.807) is 0 Å². The van der Waals surface area contributed by atoms with E-state index in [1.807, 2.05) is 6.92 Å². The number of methoxy groups -OCH3 is 1. The molecule has 0 aliphatic heterocycles. The van der Waals surface area contributed by atoms with Crippen molar-refractivity contribution < 1.29 is 14.3 Å². The average Bonchev–Trinajstić information content (AvgIpc) is 1.98. The molecule has 0 atom stereocenters. The molecule has 0 saturated carbocycles. The molecular formula is C7H12O3. The second-order valence-electron chi connectivity index (χ2n) is 1.76. The van der Waals surface area contributed by atoms with E-state index in [0.29, 0.717) is 6.61 Å². The highest BCUT2D eigenvalue weighted by atomic mass is 16.6. The van der Waals surface area contributed by atoms with E-state index in [2.05, 4.69) is 16.1 Å². The summed E-state index contributed by atoms with van der Waals surface area (Å²) >= 11 is 0. The van der Waals surface area contributed by atoms with Crippen molar-refractivity contribution in [2.45, 2.75) is 13.3 Å². The fourth-order valence-corrected chi connectivity index (χ4v) is 0.359. The lowest BCUT2D eigenvalue weighted by atomic mass is 10.5. The Morgan fingerprint density at radius 3 is 2.60 bits per heavy atom. The third kappa shape index (κ3) is 3.12. The molecule has 0 radical (unpaired) electrons. The molecule has 0 unspecified atom stereocenters. The van der Waals surface area contributed by atoms with Crippen LogP contribution in [-0.4, -0.2) is 19.7 Å². The lowest BCUT2D eigenvalue weighted by molar-refractivity contribution is -0.142. The van der Waals surface area contributed by atoms with Crippen molar-refractivity contribution in [3.8, 4) is 0 Å². The molecule has 0 N–H and O–H groups in total. The summed E-state index contributed by atoms with van der Waals surface area (Å²) in [5.74, 6) is -0.433. The number of hydrogen-bond donors (Lipinski definition) is 0. The Balaban J connectivity index is 3.52. The molecule has 0 spiro atoms.